The SMILES string of the molecule is Cc1cc(=O)c(C(=O)N2CCNC(C)C2C)nn1-c1cccc(C(F)(F)F)c1. The van der Waals surface area contributed by atoms with Gasteiger partial charge in [0.15, 0.2) is 5.69 Å². The number of carbonyl (C=O) groups is 1. The highest BCUT2D eigenvalue weighted by atomic mass is 19.4. The predicted molar refractivity (Wildman–Crippen MR) is 97.5 cm³/mol. The summed E-state index contributed by atoms with van der Waals surface area (Å²) in [5.74, 6) is -0.522. The molecule has 0 bridgehead atoms. The van der Waals surface area contributed by atoms with Gasteiger partial charge in [-0.25, -0.2) is 4.68 Å². The Morgan fingerprint density at radius 1 is 1.25 bits per heavy atom. The lowest BCUT2D eigenvalue weighted by Gasteiger charge is -2.38. The average molecular weight is 394 g/mol. The van der Waals surface area contributed by atoms with E-state index in [-0.39, 0.29) is 23.5 Å². The monoisotopic (exact) mass is 394 g/mol. The number of amides is 1. The molecule has 150 valence electrons. The number of nitrogens with zero attached hydrogens (tertiary/aromatic N) is 3. The van der Waals surface area contributed by atoms with E-state index < -0.39 is 23.1 Å². The zero-order chi connectivity index (χ0) is 20.6. The number of rotatable bonds is 2. The summed E-state index contributed by atoms with van der Waals surface area (Å²) in [6.07, 6.45) is -4.51. The summed E-state index contributed by atoms with van der Waals surface area (Å²) in [6.45, 7) is 6.37. The van der Waals surface area contributed by atoms with Crippen LogP contribution in [0.4, 0.5) is 13.2 Å². The number of piperazine rings is 1. The van der Waals surface area contributed by atoms with Crippen molar-refractivity contribution in [2.45, 2.75) is 39.0 Å². The minimum absolute atomic E-state index is 0.0499. The second-order valence-electron chi connectivity index (χ2n) is 6.94. The summed E-state index contributed by atoms with van der Waals surface area (Å²) in [7, 11) is 0. The van der Waals surface area contributed by atoms with Gasteiger partial charge in [-0.05, 0) is 39.0 Å². The Labute approximate surface area is 160 Å². The molecule has 28 heavy (non-hydrogen) atoms. The number of nitrogens with one attached hydrogen (secondary N) is 1. The molecule has 1 saturated heterocycles. The topological polar surface area (TPSA) is 67.2 Å². The van der Waals surface area contributed by atoms with Crippen LogP contribution in [0.1, 0.15) is 35.6 Å². The van der Waals surface area contributed by atoms with E-state index in [2.05, 4.69) is 10.4 Å². The number of benzene rings is 1. The number of aryl methyl sites for hydroxylation is 1. The molecule has 2 heterocycles. The first-order valence-electron chi connectivity index (χ1n) is 8.92. The third-order valence-corrected chi connectivity index (χ3v) is 5.02. The molecule has 1 aromatic carbocycles. The van der Waals surface area contributed by atoms with Crippen molar-refractivity contribution in [2.75, 3.05) is 13.1 Å². The fraction of sp³-hybridized carbons (Fsp3) is 0.421. The highest BCUT2D eigenvalue weighted by molar-refractivity contribution is 5.92. The number of hydrogen-bond acceptors (Lipinski definition) is 4. The normalized spacial score (nSPS) is 20.3. The molecule has 1 fully saturated rings. The molecule has 0 spiro atoms. The van der Waals surface area contributed by atoms with Crippen LogP contribution in [0.15, 0.2) is 35.1 Å². The molecule has 0 radical (unpaired) electrons. The predicted octanol–water partition coefficient (Wildman–Crippen LogP) is 2.38. The summed E-state index contributed by atoms with van der Waals surface area (Å²) >= 11 is 0. The van der Waals surface area contributed by atoms with Gasteiger partial charge in [0.25, 0.3) is 5.91 Å². The van der Waals surface area contributed by atoms with E-state index >= 15 is 0 Å². The van der Waals surface area contributed by atoms with E-state index in [9.17, 15) is 22.8 Å². The molecule has 1 amide bonds. The van der Waals surface area contributed by atoms with E-state index in [0.717, 1.165) is 12.1 Å². The first kappa shape index (κ1) is 20.1. The second kappa shape index (κ2) is 7.38. The maximum absolute atomic E-state index is 13.0. The van der Waals surface area contributed by atoms with E-state index in [1.807, 2.05) is 13.8 Å². The molecule has 2 atom stereocenters. The molecule has 0 aliphatic carbocycles. The van der Waals surface area contributed by atoms with Crippen LogP contribution in [0, 0.1) is 6.92 Å². The first-order valence-corrected chi connectivity index (χ1v) is 8.92. The molecule has 1 N–H and O–H groups in total. The lowest BCUT2D eigenvalue weighted by atomic mass is 10.1. The fourth-order valence-corrected chi connectivity index (χ4v) is 3.25. The number of alkyl halides is 3. The molecule has 1 aromatic heterocycles. The summed E-state index contributed by atoms with van der Waals surface area (Å²) in [5, 5.41) is 7.37. The number of halogens is 3. The van der Waals surface area contributed by atoms with Crippen molar-refractivity contribution in [3.8, 4) is 5.69 Å². The lowest BCUT2D eigenvalue weighted by Crippen LogP contribution is -2.57. The maximum Gasteiger partial charge on any atom is 0.416 e. The van der Waals surface area contributed by atoms with E-state index in [0.29, 0.717) is 18.8 Å². The van der Waals surface area contributed by atoms with Crippen LogP contribution in [0.3, 0.4) is 0 Å². The molecular weight excluding hydrogens is 373 g/mol. The van der Waals surface area contributed by atoms with E-state index in [1.54, 1.807) is 11.8 Å². The average Bonchev–Trinajstić information content (AvgIpc) is 2.63. The molecule has 0 saturated carbocycles. The minimum atomic E-state index is -4.51. The molecule has 2 aromatic rings. The Hall–Kier alpha value is -2.68. The molecule has 1 aliphatic rings. The molecule has 6 nitrogen and oxygen atoms in total. The number of carbonyl (C=O) groups excluding carboxylic acids is 1. The zero-order valence-corrected chi connectivity index (χ0v) is 15.7. The lowest BCUT2D eigenvalue weighted by molar-refractivity contribution is -0.137. The molecule has 1 aliphatic heterocycles. The summed E-state index contributed by atoms with van der Waals surface area (Å²) in [6, 6.07) is 5.73. The van der Waals surface area contributed by atoms with E-state index in [4.69, 9.17) is 0 Å². The van der Waals surface area contributed by atoms with Gasteiger partial charge in [-0.15, -0.1) is 0 Å². The Kier molecular flexibility index (Phi) is 5.29. The van der Waals surface area contributed by atoms with Crippen molar-refractivity contribution in [1.29, 1.82) is 0 Å². The molecule has 9 heteroatoms. The zero-order valence-electron chi connectivity index (χ0n) is 15.7. The van der Waals surface area contributed by atoms with Crippen LogP contribution in [-0.4, -0.2) is 45.8 Å². The van der Waals surface area contributed by atoms with Crippen LogP contribution < -0.4 is 10.7 Å². The van der Waals surface area contributed by atoms with Crippen molar-refractivity contribution < 1.29 is 18.0 Å². The van der Waals surface area contributed by atoms with Gasteiger partial charge in [0, 0.05) is 36.9 Å². The van der Waals surface area contributed by atoms with Gasteiger partial charge in [0.05, 0.1) is 11.3 Å². The van der Waals surface area contributed by atoms with Gasteiger partial charge in [-0.1, -0.05) is 6.07 Å². The van der Waals surface area contributed by atoms with Crippen molar-refractivity contribution >= 4 is 5.91 Å². The van der Waals surface area contributed by atoms with Crippen LogP contribution in [0.25, 0.3) is 5.69 Å². The third kappa shape index (κ3) is 3.80. The highest BCUT2D eigenvalue weighted by Crippen LogP contribution is 2.30. The van der Waals surface area contributed by atoms with Crippen molar-refractivity contribution in [3.05, 3.63) is 57.5 Å². The summed E-state index contributed by atoms with van der Waals surface area (Å²) < 4.78 is 40.3. The summed E-state index contributed by atoms with van der Waals surface area (Å²) in [4.78, 5) is 26.9. The largest absolute Gasteiger partial charge is 0.416 e. The Bertz CT molecular complexity index is 955. The van der Waals surface area contributed by atoms with Gasteiger partial charge in [-0.2, -0.15) is 18.3 Å². The molecular formula is C19H21F3N4O2. The standard InChI is InChI=1S/C19H21F3N4O2/c1-11-9-16(27)17(18(28)25-8-7-23-12(2)13(25)3)24-26(11)15-6-4-5-14(10-15)19(20,21)22/h4-6,9-10,12-13,23H,7-8H2,1-3H3. The van der Waals surface area contributed by atoms with E-state index in [1.165, 1.54) is 22.9 Å². The maximum atomic E-state index is 13.0. The Balaban J connectivity index is 2.05. The first-order chi connectivity index (χ1) is 13.1. The quantitative estimate of drug-likeness (QED) is 0.849. The van der Waals surface area contributed by atoms with Crippen LogP contribution >= 0.6 is 0 Å². The molecule has 3 rings (SSSR count). The van der Waals surface area contributed by atoms with Crippen LogP contribution in [-0.2, 0) is 6.18 Å². The molecule has 2 unspecified atom stereocenters. The smallest absolute Gasteiger partial charge is 0.332 e. The second-order valence-corrected chi connectivity index (χ2v) is 6.94. The highest BCUT2D eigenvalue weighted by Gasteiger charge is 2.32. The third-order valence-electron chi connectivity index (χ3n) is 5.02. The van der Waals surface area contributed by atoms with Gasteiger partial charge in [0.1, 0.15) is 0 Å². The van der Waals surface area contributed by atoms with Gasteiger partial charge >= 0.3 is 6.18 Å². The van der Waals surface area contributed by atoms with Crippen LogP contribution in [0.2, 0.25) is 0 Å². The van der Waals surface area contributed by atoms with Crippen molar-refractivity contribution in [3.63, 3.8) is 0 Å². The number of hydrogen-bond donors (Lipinski definition) is 1. The van der Waals surface area contributed by atoms with Crippen molar-refractivity contribution in [1.82, 2.24) is 20.0 Å². The Morgan fingerprint density at radius 2 is 1.96 bits per heavy atom. The van der Waals surface area contributed by atoms with Gasteiger partial charge < -0.3 is 10.2 Å². The number of aromatic nitrogens is 2. The minimum Gasteiger partial charge on any atom is -0.332 e. The summed E-state index contributed by atoms with van der Waals surface area (Å²) in [5.41, 5.74) is -1.22. The van der Waals surface area contributed by atoms with Gasteiger partial charge in [0.2, 0.25) is 5.43 Å². The Morgan fingerprint density at radius 3 is 2.64 bits per heavy atom. The van der Waals surface area contributed by atoms with Crippen molar-refractivity contribution in [2.24, 2.45) is 0 Å². The van der Waals surface area contributed by atoms with Gasteiger partial charge in [-0.3, -0.25) is 9.59 Å². The fourth-order valence-electron chi connectivity index (χ4n) is 3.25. The van der Waals surface area contributed by atoms with Crippen LogP contribution in [0.5, 0.6) is 0 Å².